The Morgan fingerprint density at radius 2 is 1.86 bits per heavy atom. The van der Waals surface area contributed by atoms with E-state index in [1.165, 1.54) is 42.0 Å². The third-order valence-electron chi connectivity index (χ3n) is 5.15. The highest BCUT2D eigenvalue weighted by Gasteiger charge is 2.19. The number of benzene rings is 1. The number of hydrogen-bond acceptors (Lipinski definition) is 5. The lowest BCUT2D eigenvalue weighted by atomic mass is 10.2. The minimum atomic E-state index is -0.745. The number of alkyl halides is 1. The van der Waals surface area contributed by atoms with Gasteiger partial charge in [-0.3, -0.25) is 14.4 Å². The molecule has 192 valence electrons. The summed E-state index contributed by atoms with van der Waals surface area (Å²) < 4.78 is 20.9. The summed E-state index contributed by atoms with van der Waals surface area (Å²) in [4.78, 5) is 41.0. The average molecular weight is 655 g/mol. The fourth-order valence-electron chi connectivity index (χ4n) is 3.45. The number of aryl methyl sites for hydroxylation is 2. The van der Waals surface area contributed by atoms with Crippen LogP contribution in [0, 0.1) is 12.7 Å². The van der Waals surface area contributed by atoms with Gasteiger partial charge in [-0.15, -0.1) is 0 Å². The molecule has 0 saturated carbocycles. The number of halogens is 3. The quantitative estimate of drug-likeness (QED) is 0.132. The Labute approximate surface area is 234 Å². The van der Waals surface area contributed by atoms with Crippen LogP contribution in [-0.4, -0.2) is 36.1 Å². The maximum Gasteiger partial charge on any atom is 0.272 e. The largest absolute Gasteiger partial charge is 0.355 e. The highest BCUT2D eigenvalue weighted by Crippen LogP contribution is 2.21. The van der Waals surface area contributed by atoms with E-state index in [-0.39, 0.29) is 22.2 Å². The molecule has 0 fully saturated rings. The number of amides is 3. The highest BCUT2D eigenvalue weighted by molar-refractivity contribution is 14.1. The maximum atomic E-state index is 14.2. The molecule has 0 atom stereocenters. The number of nitrogens with one attached hydrogen (secondary N) is 4. The van der Waals surface area contributed by atoms with Gasteiger partial charge in [0.1, 0.15) is 22.2 Å². The van der Waals surface area contributed by atoms with E-state index >= 15 is 0 Å². The molecule has 3 amide bonds. The van der Waals surface area contributed by atoms with Crippen LogP contribution in [0.5, 0.6) is 0 Å². The molecule has 37 heavy (non-hydrogen) atoms. The first-order chi connectivity index (χ1) is 17.7. The molecule has 4 rings (SSSR count). The molecule has 9 nitrogen and oxygen atoms in total. The van der Waals surface area contributed by atoms with Gasteiger partial charge in [0.15, 0.2) is 0 Å². The van der Waals surface area contributed by atoms with Crippen LogP contribution in [-0.2, 0) is 6.54 Å². The Balaban J connectivity index is 1.47. The first-order valence-corrected chi connectivity index (χ1v) is 13.7. The molecule has 3 heterocycles. The zero-order valence-electron chi connectivity index (χ0n) is 19.4. The zero-order chi connectivity index (χ0) is 26.5. The van der Waals surface area contributed by atoms with Crippen LogP contribution < -0.4 is 16.0 Å². The Bertz CT molecular complexity index is 1470. The number of carbonyl (C=O) groups is 3. The van der Waals surface area contributed by atoms with Gasteiger partial charge in [0, 0.05) is 28.4 Å². The number of aromatic nitrogens is 3. The van der Waals surface area contributed by atoms with Gasteiger partial charge in [0.25, 0.3) is 17.7 Å². The Kier molecular flexibility index (Phi) is 8.61. The van der Waals surface area contributed by atoms with Crippen LogP contribution >= 0.6 is 45.7 Å². The summed E-state index contributed by atoms with van der Waals surface area (Å²) >= 11 is 9.18. The van der Waals surface area contributed by atoms with Crippen molar-refractivity contribution in [2.75, 3.05) is 20.4 Å². The van der Waals surface area contributed by atoms with Gasteiger partial charge in [0.2, 0.25) is 0 Å². The summed E-state index contributed by atoms with van der Waals surface area (Å²) in [7, 11) is 0. The molecule has 3 aromatic heterocycles. The second-order valence-electron chi connectivity index (χ2n) is 7.97. The van der Waals surface area contributed by atoms with Crippen molar-refractivity contribution < 1.29 is 18.8 Å². The number of aromatic amines is 1. The Morgan fingerprint density at radius 1 is 1.08 bits per heavy atom. The molecule has 4 N–H and O–H groups in total. The third kappa shape index (κ3) is 6.76. The molecule has 4 aromatic rings. The molecular weight excluding hydrogens is 634 g/mol. The zero-order valence-corrected chi connectivity index (χ0v) is 23.1. The maximum absolute atomic E-state index is 14.2. The molecule has 13 heteroatoms. The summed E-state index contributed by atoms with van der Waals surface area (Å²) in [5.41, 5.74) is 1.93. The van der Waals surface area contributed by atoms with Crippen molar-refractivity contribution in [3.63, 3.8) is 0 Å². The van der Waals surface area contributed by atoms with Crippen LogP contribution in [0.15, 0.2) is 48.8 Å². The van der Waals surface area contributed by atoms with Crippen LogP contribution in [0.25, 0.3) is 0 Å². The van der Waals surface area contributed by atoms with Gasteiger partial charge in [-0.2, -0.15) is 4.37 Å². The topological polar surface area (TPSA) is 121 Å². The molecule has 0 aliphatic carbocycles. The molecular formula is C24H21ClFIN6O3S. The molecule has 0 saturated heterocycles. The molecule has 0 aliphatic heterocycles. The van der Waals surface area contributed by atoms with E-state index in [0.29, 0.717) is 28.6 Å². The molecule has 0 radical (unpaired) electrons. The SMILES string of the molecule is Cc1cc(NC(=O)c2cc(NC(=O)c3cc(NC(=O)c4ccc(Cl)cc4F)cn3CCCI)c[nH]2)sn1. The van der Waals surface area contributed by atoms with E-state index in [0.717, 1.165) is 22.6 Å². The monoisotopic (exact) mass is 654 g/mol. The van der Waals surface area contributed by atoms with Crippen molar-refractivity contribution in [3.8, 4) is 0 Å². The van der Waals surface area contributed by atoms with E-state index in [2.05, 4.69) is 47.9 Å². The predicted octanol–water partition coefficient (Wildman–Crippen LogP) is 5.96. The minimum Gasteiger partial charge on any atom is -0.355 e. The van der Waals surface area contributed by atoms with E-state index < -0.39 is 17.6 Å². The van der Waals surface area contributed by atoms with Gasteiger partial charge in [-0.05, 0) is 61.3 Å². The molecule has 1 aromatic carbocycles. The fraction of sp³-hybridized carbons (Fsp3) is 0.167. The van der Waals surface area contributed by atoms with E-state index in [9.17, 15) is 18.8 Å². The normalized spacial score (nSPS) is 10.8. The number of nitrogens with zero attached hydrogens (tertiary/aromatic N) is 2. The molecule has 0 unspecified atom stereocenters. The summed E-state index contributed by atoms with van der Waals surface area (Å²) in [6.07, 6.45) is 3.93. The second-order valence-corrected chi connectivity index (χ2v) is 10.3. The van der Waals surface area contributed by atoms with Gasteiger partial charge in [-0.1, -0.05) is 34.2 Å². The first-order valence-electron chi connectivity index (χ1n) is 11.0. The first kappa shape index (κ1) is 26.8. The van der Waals surface area contributed by atoms with Crippen LogP contribution in [0.3, 0.4) is 0 Å². The lowest BCUT2D eigenvalue weighted by molar-refractivity contribution is 0.101. The van der Waals surface area contributed by atoms with Crippen LogP contribution in [0.2, 0.25) is 5.02 Å². The lowest BCUT2D eigenvalue weighted by Crippen LogP contribution is -2.16. The van der Waals surface area contributed by atoms with Crippen molar-refractivity contribution in [1.29, 1.82) is 0 Å². The van der Waals surface area contributed by atoms with Gasteiger partial charge < -0.3 is 25.5 Å². The van der Waals surface area contributed by atoms with Crippen molar-refractivity contribution in [1.82, 2.24) is 13.9 Å². The molecule has 0 bridgehead atoms. The summed E-state index contributed by atoms with van der Waals surface area (Å²) in [5.74, 6) is -2.21. The number of H-pyrrole nitrogens is 1. The van der Waals surface area contributed by atoms with Gasteiger partial charge >= 0.3 is 0 Å². The van der Waals surface area contributed by atoms with Gasteiger partial charge in [0.05, 0.1) is 22.6 Å². The standard InChI is InChI=1S/C24H21ClFIN6O3S/c1-13-7-21(37-32-13)31-23(35)19-9-15(11-28-19)29-24(36)20-10-16(12-33(20)6-2-5-27)30-22(34)17-4-3-14(25)8-18(17)26/h3-4,7-12,28H,2,5-6H2,1H3,(H,29,36)(H,30,34)(H,31,35). The average Bonchev–Trinajstić information content (AvgIpc) is 3.58. The lowest BCUT2D eigenvalue weighted by Gasteiger charge is -2.08. The minimum absolute atomic E-state index is 0.165. The number of anilines is 3. The highest BCUT2D eigenvalue weighted by atomic mass is 127. The van der Waals surface area contributed by atoms with Crippen LogP contribution in [0.1, 0.15) is 43.4 Å². The third-order valence-corrected chi connectivity index (χ3v) is 6.94. The Hall–Kier alpha value is -3.23. The summed E-state index contributed by atoms with van der Waals surface area (Å²) in [6.45, 7) is 2.36. The van der Waals surface area contributed by atoms with Crippen molar-refractivity contribution in [2.24, 2.45) is 0 Å². The van der Waals surface area contributed by atoms with Gasteiger partial charge in [-0.25, -0.2) is 4.39 Å². The predicted molar refractivity (Wildman–Crippen MR) is 151 cm³/mol. The molecule has 0 aliphatic rings. The van der Waals surface area contributed by atoms with E-state index in [1.54, 1.807) is 16.8 Å². The summed E-state index contributed by atoms with van der Waals surface area (Å²) in [6, 6.07) is 8.57. The van der Waals surface area contributed by atoms with E-state index in [1.807, 2.05) is 6.92 Å². The van der Waals surface area contributed by atoms with Crippen LogP contribution in [0.4, 0.5) is 20.8 Å². The Morgan fingerprint density at radius 3 is 2.57 bits per heavy atom. The van der Waals surface area contributed by atoms with Crippen molar-refractivity contribution in [2.45, 2.75) is 19.9 Å². The second kappa shape index (κ2) is 11.9. The fourth-order valence-corrected chi connectivity index (χ4v) is 4.61. The van der Waals surface area contributed by atoms with E-state index in [4.69, 9.17) is 11.6 Å². The number of carbonyl (C=O) groups excluding carboxylic acids is 3. The molecule has 0 spiro atoms. The van der Waals surface area contributed by atoms with Crippen molar-refractivity contribution >= 4 is 79.8 Å². The number of rotatable bonds is 9. The number of hydrogen-bond donors (Lipinski definition) is 4. The summed E-state index contributed by atoms with van der Waals surface area (Å²) in [5, 5.41) is 8.94. The van der Waals surface area contributed by atoms with Crippen molar-refractivity contribution in [3.05, 3.63) is 82.3 Å². The smallest absolute Gasteiger partial charge is 0.272 e.